The molecule has 0 aliphatic carbocycles. The molecule has 0 aliphatic rings. The van der Waals surface area contributed by atoms with Gasteiger partial charge in [-0.1, -0.05) is 36.4 Å². The van der Waals surface area contributed by atoms with Crippen molar-refractivity contribution < 1.29 is 22.7 Å². The van der Waals surface area contributed by atoms with Crippen molar-refractivity contribution in [1.82, 2.24) is 25.1 Å². The molecule has 1 N–H and O–H groups in total. The van der Waals surface area contributed by atoms with Crippen LogP contribution in [0.15, 0.2) is 79.1 Å². The Morgan fingerprint density at radius 2 is 1.35 bits per heavy atom. The summed E-state index contributed by atoms with van der Waals surface area (Å²) in [5, 5.41) is 7.29. The number of nitrogens with one attached hydrogen (secondary N) is 1. The van der Waals surface area contributed by atoms with E-state index in [2.05, 4.69) is 20.4 Å². The molecular formula is C27H20F3N5O2. The predicted molar refractivity (Wildman–Crippen MR) is 129 cm³/mol. The van der Waals surface area contributed by atoms with Crippen molar-refractivity contribution in [3.05, 3.63) is 119 Å². The van der Waals surface area contributed by atoms with Gasteiger partial charge in [-0.2, -0.15) is 0 Å². The van der Waals surface area contributed by atoms with Gasteiger partial charge in [0.2, 0.25) is 0 Å². The fourth-order valence-corrected chi connectivity index (χ4v) is 3.73. The van der Waals surface area contributed by atoms with Gasteiger partial charge < -0.3 is 10.1 Å². The Labute approximate surface area is 209 Å². The third-order valence-corrected chi connectivity index (χ3v) is 5.61. The average Bonchev–Trinajstić information content (AvgIpc) is 3.26. The van der Waals surface area contributed by atoms with Crippen LogP contribution in [0.25, 0.3) is 11.0 Å². The van der Waals surface area contributed by atoms with Crippen LogP contribution in [0.2, 0.25) is 0 Å². The van der Waals surface area contributed by atoms with Crippen LogP contribution in [-0.2, 0) is 19.7 Å². The molecule has 0 fully saturated rings. The number of fused-ring (bicyclic) bond motifs is 1. The summed E-state index contributed by atoms with van der Waals surface area (Å²) < 4.78 is 47.3. The molecule has 1 amide bonds. The van der Waals surface area contributed by atoms with Crippen molar-refractivity contribution in [2.75, 3.05) is 0 Å². The predicted octanol–water partition coefficient (Wildman–Crippen LogP) is 4.80. The molecule has 186 valence electrons. The van der Waals surface area contributed by atoms with Gasteiger partial charge in [-0.25, -0.2) is 23.1 Å². The van der Waals surface area contributed by atoms with Crippen molar-refractivity contribution >= 4 is 16.9 Å². The molecule has 0 unspecified atom stereocenters. The Kier molecular flexibility index (Phi) is 6.80. The highest BCUT2D eigenvalue weighted by Crippen LogP contribution is 2.26. The maximum absolute atomic E-state index is 13.4. The Balaban J connectivity index is 1.47. The highest BCUT2D eigenvalue weighted by molar-refractivity contribution is 6.03. The van der Waals surface area contributed by atoms with Gasteiger partial charge in [-0.3, -0.25) is 9.48 Å². The summed E-state index contributed by atoms with van der Waals surface area (Å²) in [6.07, 6.45) is 1.24. The van der Waals surface area contributed by atoms with E-state index in [0.29, 0.717) is 22.2 Å². The van der Waals surface area contributed by atoms with E-state index in [-0.39, 0.29) is 48.7 Å². The molecule has 7 nitrogen and oxygen atoms in total. The third-order valence-electron chi connectivity index (χ3n) is 5.61. The lowest BCUT2D eigenvalue weighted by Crippen LogP contribution is -2.25. The minimum absolute atomic E-state index is 0.0679. The summed E-state index contributed by atoms with van der Waals surface area (Å²) in [6.45, 7) is 0.450. The molecule has 5 aromatic rings. The third kappa shape index (κ3) is 5.58. The molecule has 0 spiro atoms. The fourth-order valence-electron chi connectivity index (χ4n) is 3.73. The summed E-state index contributed by atoms with van der Waals surface area (Å²) in [5.74, 6) is -1.42. The zero-order valence-electron chi connectivity index (χ0n) is 19.4. The smallest absolute Gasteiger partial charge is 0.272 e. The van der Waals surface area contributed by atoms with Gasteiger partial charge in [0.1, 0.15) is 35.9 Å². The number of nitrogens with zero attached hydrogens (tertiary/aromatic N) is 4. The van der Waals surface area contributed by atoms with E-state index < -0.39 is 5.91 Å². The first kappa shape index (κ1) is 24.0. The first-order valence-electron chi connectivity index (χ1n) is 11.3. The average molecular weight is 503 g/mol. The van der Waals surface area contributed by atoms with Crippen LogP contribution < -0.4 is 10.1 Å². The van der Waals surface area contributed by atoms with Gasteiger partial charge in [-0.15, -0.1) is 5.10 Å². The minimum atomic E-state index is -0.484. The first-order valence-corrected chi connectivity index (χ1v) is 11.3. The standard InChI is InChI=1S/C27H20F3N5O2/c28-20-7-1-17(2-8-20)13-31-26(36)23-25-24(33-16-32-23)27(37-15-19-5-11-22(30)12-6-19)34-35(25)14-18-3-9-21(29)10-4-18/h1-12,16H,13-15H2,(H,31,36). The lowest BCUT2D eigenvalue weighted by Gasteiger charge is -2.08. The number of rotatable bonds is 8. The number of halogens is 3. The van der Waals surface area contributed by atoms with Crippen molar-refractivity contribution in [1.29, 1.82) is 0 Å². The van der Waals surface area contributed by atoms with Crippen LogP contribution in [0, 0.1) is 17.5 Å². The Morgan fingerprint density at radius 3 is 1.97 bits per heavy atom. The zero-order chi connectivity index (χ0) is 25.8. The van der Waals surface area contributed by atoms with E-state index in [1.807, 2.05) is 0 Å². The number of carbonyl (C=O) groups excluding carboxylic acids is 1. The summed E-state index contributed by atoms with van der Waals surface area (Å²) in [5.41, 5.74) is 2.87. The summed E-state index contributed by atoms with van der Waals surface area (Å²) >= 11 is 0. The molecular weight excluding hydrogens is 483 g/mol. The van der Waals surface area contributed by atoms with Crippen molar-refractivity contribution in [3.8, 4) is 5.88 Å². The largest absolute Gasteiger partial charge is 0.470 e. The van der Waals surface area contributed by atoms with Crippen molar-refractivity contribution in [3.63, 3.8) is 0 Å². The maximum Gasteiger partial charge on any atom is 0.272 e. The molecule has 5 rings (SSSR count). The minimum Gasteiger partial charge on any atom is -0.470 e. The second-order valence-corrected chi connectivity index (χ2v) is 8.23. The number of ether oxygens (including phenoxy) is 1. The Bertz CT molecular complexity index is 1540. The molecule has 2 heterocycles. The lowest BCUT2D eigenvalue weighted by atomic mass is 10.2. The van der Waals surface area contributed by atoms with E-state index in [1.165, 1.54) is 47.4 Å². The van der Waals surface area contributed by atoms with Gasteiger partial charge in [0.15, 0.2) is 11.2 Å². The second-order valence-electron chi connectivity index (χ2n) is 8.23. The number of amides is 1. The number of hydrogen-bond donors (Lipinski definition) is 1. The van der Waals surface area contributed by atoms with Crippen molar-refractivity contribution in [2.45, 2.75) is 19.7 Å². The normalized spacial score (nSPS) is 11.0. The highest BCUT2D eigenvalue weighted by atomic mass is 19.1. The van der Waals surface area contributed by atoms with Crippen LogP contribution in [0.4, 0.5) is 13.2 Å². The molecule has 37 heavy (non-hydrogen) atoms. The number of carbonyl (C=O) groups is 1. The van der Waals surface area contributed by atoms with E-state index in [4.69, 9.17) is 4.74 Å². The van der Waals surface area contributed by atoms with Crippen LogP contribution in [0.3, 0.4) is 0 Å². The highest BCUT2D eigenvalue weighted by Gasteiger charge is 2.22. The van der Waals surface area contributed by atoms with Crippen LogP contribution in [0.5, 0.6) is 5.88 Å². The second kappa shape index (κ2) is 10.5. The number of hydrogen-bond acceptors (Lipinski definition) is 5. The lowest BCUT2D eigenvalue weighted by molar-refractivity contribution is 0.0947. The molecule has 0 radical (unpaired) electrons. The molecule has 10 heteroatoms. The van der Waals surface area contributed by atoms with Crippen LogP contribution in [-0.4, -0.2) is 25.7 Å². The first-order chi connectivity index (χ1) is 18.0. The molecule has 3 aromatic carbocycles. The molecule has 2 aromatic heterocycles. The topological polar surface area (TPSA) is 81.9 Å². The Hall–Kier alpha value is -4.73. The summed E-state index contributed by atoms with van der Waals surface area (Å²) in [6, 6.07) is 17.5. The summed E-state index contributed by atoms with van der Waals surface area (Å²) in [7, 11) is 0. The van der Waals surface area contributed by atoms with Crippen LogP contribution in [0.1, 0.15) is 27.2 Å². The van der Waals surface area contributed by atoms with E-state index >= 15 is 0 Å². The van der Waals surface area contributed by atoms with E-state index in [0.717, 1.165) is 5.56 Å². The maximum atomic E-state index is 13.4. The number of benzene rings is 3. The Morgan fingerprint density at radius 1 is 0.784 bits per heavy atom. The van der Waals surface area contributed by atoms with Crippen molar-refractivity contribution in [2.24, 2.45) is 0 Å². The van der Waals surface area contributed by atoms with Gasteiger partial charge in [0, 0.05) is 6.54 Å². The molecule has 0 saturated carbocycles. The molecule has 0 bridgehead atoms. The molecule has 0 aliphatic heterocycles. The van der Waals surface area contributed by atoms with Gasteiger partial charge in [0.05, 0.1) is 6.54 Å². The molecule has 0 atom stereocenters. The number of aromatic nitrogens is 4. The van der Waals surface area contributed by atoms with Crippen LogP contribution >= 0.6 is 0 Å². The van der Waals surface area contributed by atoms with Gasteiger partial charge in [0.25, 0.3) is 11.8 Å². The van der Waals surface area contributed by atoms with E-state index in [1.54, 1.807) is 36.4 Å². The fraction of sp³-hybridized carbons (Fsp3) is 0.111. The van der Waals surface area contributed by atoms with Gasteiger partial charge in [-0.05, 0) is 53.1 Å². The van der Waals surface area contributed by atoms with Gasteiger partial charge >= 0.3 is 0 Å². The summed E-state index contributed by atoms with van der Waals surface area (Å²) in [4.78, 5) is 21.6. The molecule has 0 saturated heterocycles. The van der Waals surface area contributed by atoms with E-state index in [9.17, 15) is 18.0 Å². The zero-order valence-corrected chi connectivity index (χ0v) is 19.4. The quantitative estimate of drug-likeness (QED) is 0.329. The monoisotopic (exact) mass is 503 g/mol. The SMILES string of the molecule is O=C(NCc1ccc(F)cc1)c1ncnc2c(OCc3ccc(F)cc3)nn(Cc3ccc(F)cc3)c12.